The molecule has 1 amide bonds. The molecule has 0 spiro atoms. The molecule has 0 unspecified atom stereocenters. The normalized spacial score (nSPS) is 13.8. The van der Waals surface area contributed by atoms with Crippen molar-refractivity contribution in [3.8, 4) is 5.75 Å². The van der Waals surface area contributed by atoms with E-state index < -0.39 is 0 Å². The Hall–Kier alpha value is -3.75. The smallest absolute Gasteiger partial charge is 0.257 e. The van der Waals surface area contributed by atoms with E-state index in [2.05, 4.69) is 30.2 Å². The first-order valence-corrected chi connectivity index (χ1v) is 9.28. The number of piperazine rings is 1. The molecule has 1 fully saturated rings. The lowest BCUT2D eigenvalue weighted by Crippen LogP contribution is -2.49. The maximum Gasteiger partial charge on any atom is 0.257 e. The van der Waals surface area contributed by atoms with E-state index in [4.69, 9.17) is 4.74 Å². The molecule has 1 aromatic carbocycles. The van der Waals surface area contributed by atoms with Crippen molar-refractivity contribution in [2.45, 2.75) is 0 Å². The molecule has 148 valence electrons. The third-order valence-corrected chi connectivity index (χ3v) is 4.65. The second-order valence-corrected chi connectivity index (χ2v) is 6.45. The number of nitrogens with zero attached hydrogens (tertiary/aromatic N) is 6. The fourth-order valence-corrected chi connectivity index (χ4v) is 3.12. The van der Waals surface area contributed by atoms with Gasteiger partial charge in [0, 0.05) is 51.0 Å². The first-order chi connectivity index (χ1) is 14.2. The summed E-state index contributed by atoms with van der Waals surface area (Å²) in [5.41, 5.74) is 1.22. The molecule has 0 radical (unpaired) electrons. The molecular weight excluding hydrogens is 370 g/mol. The number of methoxy groups -OCH3 is 1. The van der Waals surface area contributed by atoms with Crippen molar-refractivity contribution in [2.24, 2.45) is 0 Å². The first kappa shape index (κ1) is 18.6. The van der Waals surface area contributed by atoms with Gasteiger partial charge in [-0.1, -0.05) is 12.1 Å². The van der Waals surface area contributed by atoms with Crippen molar-refractivity contribution < 1.29 is 9.53 Å². The number of benzene rings is 1. The summed E-state index contributed by atoms with van der Waals surface area (Å²) in [6, 6.07) is 9.28. The van der Waals surface area contributed by atoms with Crippen molar-refractivity contribution in [3.05, 3.63) is 60.7 Å². The highest BCUT2D eigenvalue weighted by atomic mass is 16.5. The Bertz CT molecular complexity index is 958. The molecule has 0 bridgehead atoms. The van der Waals surface area contributed by atoms with Crippen molar-refractivity contribution in [2.75, 3.05) is 43.5 Å². The molecule has 1 aliphatic rings. The van der Waals surface area contributed by atoms with Gasteiger partial charge in [-0.3, -0.25) is 4.79 Å². The topological polar surface area (TPSA) is 96.4 Å². The summed E-state index contributed by atoms with van der Waals surface area (Å²) in [7, 11) is 1.60. The van der Waals surface area contributed by atoms with Crippen LogP contribution in [-0.4, -0.2) is 64.0 Å². The number of ether oxygens (including phenoxy) is 1. The van der Waals surface area contributed by atoms with Gasteiger partial charge in [-0.15, -0.1) is 0 Å². The van der Waals surface area contributed by atoms with Crippen LogP contribution in [0.3, 0.4) is 0 Å². The fourth-order valence-electron chi connectivity index (χ4n) is 3.12. The van der Waals surface area contributed by atoms with Crippen LogP contribution in [0, 0.1) is 0 Å². The highest BCUT2D eigenvalue weighted by Gasteiger charge is 2.23. The van der Waals surface area contributed by atoms with Gasteiger partial charge in [-0.05, 0) is 18.2 Å². The van der Waals surface area contributed by atoms with Gasteiger partial charge in [0.1, 0.15) is 5.75 Å². The van der Waals surface area contributed by atoms with Crippen LogP contribution in [0.15, 0.2) is 55.1 Å². The number of anilines is 3. The van der Waals surface area contributed by atoms with Crippen molar-refractivity contribution in [1.29, 1.82) is 0 Å². The van der Waals surface area contributed by atoms with E-state index in [-0.39, 0.29) is 5.91 Å². The zero-order chi connectivity index (χ0) is 20.1. The summed E-state index contributed by atoms with van der Waals surface area (Å²) >= 11 is 0. The van der Waals surface area contributed by atoms with Crippen LogP contribution in [-0.2, 0) is 0 Å². The number of aromatic nitrogens is 4. The van der Waals surface area contributed by atoms with Gasteiger partial charge in [0.25, 0.3) is 5.91 Å². The van der Waals surface area contributed by atoms with E-state index in [9.17, 15) is 4.79 Å². The summed E-state index contributed by atoms with van der Waals surface area (Å²) < 4.78 is 5.31. The highest BCUT2D eigenvalue weighted by molar-refractivity contribution is 5.93. The first-order valence-electron chi connectivity index (χ1n) is 9.28. The van der Waals surface area contributed by atoms with Crippen LogP contribution in [0.1, 0.15) is 10.4 Å². The number of rotatable bonds is 5. The molecule has 1 aliphatic heterocycles. The average Bonchev–Trinajstić information content (AvgIpc) is 2.80. The molecule has 29 heavy (non-hydrogen) atoms. The minimum atomic E-state index is -0.0810. The molecule has 0 atom stereocenters. The fraction of sp³-hybridized carbons (Fsp3) is 0.250. The van der Waals surface area contributed by atoms with Crippen LogP contribution >= 0.6 is 0 Å². The van der Waals surface area contributed by atoms with Crippen LogP contribution in [0.25, 0.3) is 0 Å². The maximum atomic E-state index is 12.8. The number of carbonyl (C=O) groups excluding carboxylic acids is 1. The van der Waals surface area contributed by atoms with Crippen molar-refractivity contribution in [3.63, 3.8) is 0 Å². The van der Waals surface area contributed by atoms with Gasteiger partial charge in [0.15, 0.2) is 0 Å². The second kappa shape index (κ2) is 8.51. The molecule has 0 aliphatic carbocycles. The number of nitrogens with one attached hydrogen (secondary N) is 1. The zero-order valence-corrected chi connectivity index (χ0v) is 16.0. The van der Waals surface area contributed by atoms with Crippen LogP contribution in [0.5, 0.6) is 5.75 Å². The molecule has 3 heterocycles. The highest BCUT2D eigenvalue weighted by Crippen LogP contribution is 2.25. The number of amides is 1. The maximum absolute atomic E-state index is 12.8. The molecule has 3 aromatic rings. The van der Waals surface area contributed by atoms with E-state index in [1.165, 1.54) is 0 Å². The molecule has 9 heteroatoms. The largest absolute Gasteiger partial charge is 0.495 e. The second-order valence-electron chi connectivity index (χ2n) is 6.45. The van der Waals surface area contributed by atoms with E-state index >= 15 is 0 Å². The predicted molar refractivity (Wildman–Crippen MR) is 108 cm³/mol. The molecule has 4 rings (SSSR count). The quantitative estimate of drug-likeness (QED) is 0.705. The Labute approximate surface area is 168 Å². The lowest BCUT2D eigenvalue weighted by Gasteiger charge is -2.34. The summed E-state index contributed by atoms with van der Waals surface area (Å²) in [6.45, 7) is 2.56. The van der Waals surface area contributed by atoms with Gasteiger partial charge in [0.2, 0.25) is 11.9 Å². The summed E-state index contributed by atoms with van der Waals surface area (Å²) in [5.74, 6) is 1.70. The van der Waals surface area contributed by atoms with Crippen LogP contribution in [0.2, 0.25) is 0 Å². The standard InChI is InChI=1S/C20H21N7O2/c1-29-17-6-3-2-5-16(17)25-19-23-13-15(14-24-19)18(28)26-9-11-27(12-10-26)20-21-7-4-8-22-20/h2-8,13-14H,9-12H2,1H3,(H,23,24,25). The van der Waals surface area contributed by atoms with Crippen molar-refractivity contribution >= 4 is 23.5 Å². The summed E-state index contributed by atoms with van der Waals surface area (Å²) in [4.78, 5) is 33.7. The number of para-hydroxylation sites is 2. The summed E-state index contributed by atoms with van der Waals surface area (Å²) in [6.07, 6.45) is 6.52. The van der Waals surface area contributed by atoms with E-state index in [0.717, 1.165) is 5.69 Å². The lowest BCUT2D eigenvalue weighted by molar-refractivity contribution is 0.0745. The number of hydrogen-bond acceptors (Lipinski definition) is 8. The molecule has 1 saturated heterocycles. The Kier molecular flexibility index (Phi) is 5.46. The van der Waals surface area contributed by atoms with Gasteiger partial charge in [-0.2, -0.15) is 0 Å². The average molecular weight is 391 g/mol. The van der Waals surface area contributed by atoms with E-state index in [0.29, 0.717) is 49.4 Å². The molecular formula is C20H21N7O2. The van der Waals surface area contributed by atoms with Gasteiger partial charge in [0.05, 0.1) is 18.4 Å². The Morgan fingerprint density at radius 3 is 2.34 bits per heavy atom. The third-order valence-electron chi connectivity index (χ3n) is 4.65. The SMILES string of the molecule is COc1ccccc1Nc1ncc(C(=O)N2CCN(c3ncccn3)CC2)cn1. The van der Waals surface area contributed by atoms with Crippen molar-refractivity contribution in [1.82, 2.24) is 24.8 Å². The van der Waals surface area contributed by atoms with Crippen LogP contribution in [0.4, 0.5) is 17.6 Å². The van der Waals surface area contributed by atoms with Gasteiger partial charge >= 0.3 is 0 Å². The number of hydrogen-bond donors (Lipinski definition) is 1. The van der Waals surface area contributed by atoms with Gasteiger partial charge < -0.3 is 19.9 Å². The van der Waals surface area contributed by atoms with E-state index in [1.807, 2.05) is 24.3 Å². The Morgan fingerprint density at radius 1 is 0.966 bits per heavy atom. The minimum absolute atomic E-state index is 0.0810. The molecule has 0 saturated carbocycles. The molecule has 1 N–H and O–H groups in total. The molecule has 9 nitrogen and oxygen atoms in total. The monoisotopic (exact) mass is 391 g/mol. The Morgan fingerprint density at radius 2 is 1.66 bits per heavy atom. The lowest BCUT2D eigenvalue weighted by atomic mass is 10.2. The van der Waals surface area contributed by atoms with Gasteiger partial charge in [-0.25, -0.2) is 19.9 Å². The minimum Gasteiger partial charge on any atom is -0.495 e. The summed E-state index contributed by atoms with van der Waals surface area (Å²) in [5, 5.41) is 3.10. The predicted octanol–water partition coefficient (Wildman–Crippen LogP) is 1.98. The molecule has 2 aromatic heterocycles. The third kappa shape index (κ3) is 4.23. The Balaban J connectivity index is 1.37. The zero-order valence-electron chi connectivity index (χ0n) is 16.0. The van der Waals surface area contributed by atoms with Crippen LogP contribution < -0.4 is 15.0 Å². The van der Waals surface area contributed by atoms with E-state index in [1.54, 1.807) is 42.9 Å². The number of carbonyl (C=O) groups is 1.